The summed E-state index contributed by atoms with van der Waals surface area (Å²) in [5, 5.41) is 3.40. The second-order valence-electron chi connectivity index (χ2n) is 2.33. The van der Waals surface area contributed by atoms with Crippen molar-refractivity contribution in [1.82, 2.24) is 9.99 Å². The van der Waals surface area contributed by atoms with Crippen molar-refractivity contribution < 1.29 is 0 Å². The summed E-state index contributed by atoms with van der Waals surface area (Å²) < 4.78 is 0. The lowest BCUT2D eigenvalue weighted by atomic mass is 11.0. The molecule has 1 aliphatic rings. The molecule has 0 unspecified atom stereocenters. The van der Waals surface area contributed by atoms with Crippen LogP contribution in [0.3, 0.4) is 0 Å². The molecule has 0 atom stereocenters. The van der Waals surface area contributed by atoms with Crippen LogP contribution in [0.2, 0.25) is 0 Å². The minimum atomic E-state index is 0.115. The van der Waals surface area contributed by atoms with Crippen molar-refractivity contribution in [2.75, 3.05) is 33.1 Å². The molecular weight excluding hydrogens is 119 g/mol. The predicted molar refractivity (Wildman–Crippen MR) is 38.3 cm³/mol. The second-order valence-corrected chi connectivity index (χ2v) is 4.43. The van der Waals surface area contributed by atoms with Crippen LogP contribution in [0.25, 0.3) is 0 Å². The smallest absolute Gasteiger partial charge is 0.0515 e. The molecule has 0 bridgehead atoms. The third-order valence-electron chi connectivity index (χ3n) is 1.15. The highest BCUT2D eigenvalue weighted by molar-refractivity contribution is 7.53. The summed E-state index contributed by atoms with van der Waals surface area (Å²) in [6.07, 6.45) is 0. The van der Waals surface area contributed by atoms with Gasteiger partial charge in [0.05, 0.1) is 6.67 Å². The van der Waals surface area contributed by atoms with E-state index in [1.54, 1.807) is 0 Å². The van der Waals surface area contributed by atoms with E-state index in [1.807, 2.05) is 0 Å². The lowest BCUT2D eigenvalue weighted by molar-refractivity contribution is 0.552. The van der Waals surface area contributed by atoms with Gasteiger partial charge in [0, 0.05) is 13.1 Å². The topological polar surface area (TPSA) is 15.0 Å². The molecule has 1 N–H and O–H groups in total. The fraction of sp³-hybridized carbons (Fsp3) is 1.00. The van der Waals surface area contributed by atoms with Gasteiger partial charge in [-0.05, 0) is 21.4 Å². The molecule has 0 saturated carbocycles. The van der Waals surface area contributed by atoms with Crippen LogP contribution in [0.15, 0.2) is 0 Å². The normalized spacial score (nSPS) is 19.9. The fourth-order valence-corrected chi connectivity index (χ4v) is 0.953. The standard InChI is InChI=1S/C5H13N2P/c1-8(2)6-5-7-3-4-7/h6H,3-5H2,1-2H3. The average Bonchev–Trinajstić information content (AvgIpc) is 2.41. The van der Waals surface area contributed by atoms with Crippen molar-refractivity contribution in [3.05, 3.63) is 0 Å². The van der Waals surface area contributed by atoms with Gasteiger partial charge >= 0.3 is 0 Å². The molecule has 0 aromatic heterocycles. The number of nitrogens with zero attached hydrogens (tertiary/aromatic N) is 1. The van der Waals surface area contributed by atoms with Crippen molar-refractivity contribution >= 4 is 8.07 Å². The molecule has 0 aliphatic carbocycles. The molecule has 0 amide bonds. The lowest BCUT2D eigenvalue weighted by Crippen LogP contribution is -2.15. The van der Waals surface area contributed by atoms with E-state index < -0.39 is 0 Å². The third kappa shape index (κ3) is 2.61. The van der Waals surface area contributed by atoms with Crippen molar-refractivity contribution in [1.29, 1.82) is 0 Å². The zero-order valence-electron chi connectivity index (χ0n) is 5.52. The van der Waals surface area contributed by atoms with Crippen LogP contribution in [0.5, 0.6) is 0 Å². The molecule has 48 valence electrons. The molecule has 1 rings (SSSR count). The van der Waals surface area contributed by atoms with E-state index in [1.165, 1.54) is 13.1 Å². The number of hydrogen-bond acceptors (Lipinski definition) is 2. The van der Waals surface area contributed by atoms with Crippen LogP contribution >= 0.6 is 8.07 Å². The molecule has 0 spiro atoms. The fourth-order valence-electron chi connectivity index (χ4n) is 0.470. The highest BCUT2D eigenvalue weighted by atomic mass is 31.1. The second kappa shape index (κ2) is 2.77. The van der Waals surface area contributed by atoms with Gasteiger partial charge in [-0.15, -0.1) is 0 Å². The first-order valence-corrected chi connectivity index (χ1v) is 5.16. The van der Waals surface area contributed by atoms with Crippen LogP contribution in [-0.4, -0.2) is 38.0 Å². The summed E-state index contributed by atoms with van der Waals surface area (Å²) >= 11 is 0. The summed E-state index contributed by atoms with van der Waals surface area (Å²) in [4.78, 5) is 2.38. The van der Waals surface area contributed by atoms with Gasteiger partial charge in [0.1, 0.15) is 0 Å². The minimum Gasteiger partial charge on any atom is -0.288 e. The minimum absolute atomic E-state index is 0.115. The van der Waals surface area contributed by atoms with Crippen molar-refractivity contribution in [2.24, 2.45) is 0 Å². The molecule has 1 saturated heterocycles. The van der Waals surface area contributed by atoms with Gasteiger partial charge in [-0.25, -0.2) is 0 Å². The van der Waals surface area contributed by atoms with Crippen molar-refractivity contribution in [3.63, 3.8) is 0 Å². The van der Waals surface area contributed by atoms with E-state index in [9.17, 15) is 0 Å². The Hall–Kier alpha value is 0.350. The van der Waals surface area contributed by atoms with Gasteiger partial charge in [0.15, 0.2) is 0 Å². The number of nitrogens with one attached hydrogen (secondary N) is 1. The SMILES string of the molecule is CP(C)NCN1CC1. The van der Waals surface area contributed by atoms with Crippen LogP contribution in [-0.2, 0) is 0 Å². The van der Waals surface area contributed by atoms with Crippen molar-refractivity contribution in [2.45, 2.75) is 0 Å². The zero-order valence-corrected chi connectivity index (χ0v) is 6.41. The molecule has 0 aromatic carbocycles. The maximum atomic E-state index is 3.40. The summed E-state index contributed by atoms with van der Waals surface area (Å²) in [6.45, 7) is 8.18. The van der Waals surface area contributed by atoms with Gasteiger partial charge in [0.2, 0.25) is 0 Å². The summed E-state index contributed by atoms with van der Waals surface area (Å²) in [5.41, 5.74) is 0. The Morgan fingerprint density at radius 2 is 2.12 bits per heavy atom. The molecule has 0 aromatic rings. The Morgan fingerprint density at radius 3 is 2.50 bits per heavy atom. The Bertz CT molecular complexity index is 68.8. The maximum Gasteiger partial charge on any atom is 0.0515 e. The quantitative estimate of drug-likeness (QED) is 0.444. The average molecular weight is 132 g/mol. The van der Waals surface area contributed by atoms with E-state index in [0.717, 1.165) is 6.67 Å². The molecule has 1 fully saturated rings. The highest BCUT2D eigenvalue weighted by Gasteiger charge is 2.15. The van der Waals surface area contributed by atoms with E-state index in [2.05, 4.69) is 23.3 Å². The maximum absolute atomic E-state index is 3.40. The Morgan fingerprint density at radius 1 is 1.50 bits per heavy atom. The summed E-state index contributed by atoms with van der Waals surface area (Å²) in [5.74, 6) is 0. The van der Waals surface area contributed by atoms with Crippen LogP contribution in [0.4, 0.5) is 0 Å². The van der Waals surface area contributed by atoms with Crippen molar-refractivity contribution in [3.8, 4) is 0 Å². The predicted octanol–water partition coefficient (Wildman–Crippen LogP) is 0.506. The van der Waals surface area contributed by atoms with Gasteiger partial charge in [-0.2, -0.15) is 0 Å². The molecule has 1 aliphatic heterocycles. The molecule has 0 radical (unpaired) electrons. The number of hydrogen-bond donors (Lipinski definition) is 1. The monoisotopic (exact) mass is 132 g/mol. The summed E-state index contributed by atoms with van der Waals surface area (Å²) in [7, 11) is 0.115. The molecule has 2 nitrogen and oxygen atoms in total. The number of rotatable bonds is 3. The van der Waals surface area contributed by atoms with Gasteiger partial charge < -0.3 is 0 Å². The van der Waals surface area contributed by atoms with E-state index >= 15 is 0 Å². The van der Waals surface area contributed by atoms with Crippen LogP contribution in [0, 0.1) is 0 Å². The van der Waals surface area contributed by atoms with Gasteiger partial charge in [0.25, 0.3) is 0 Å². The van der Waals surface area contributed by atoms with E-state index in [-0.39, 0.29) is 8.07 Å². The largest absolute Gasteiger partial charge is 0.288 e. The first kappa shape index (κ1) is 6.47. The van der Waals surface area contributed by atoms with Gasteiger partial charge in [-0.3, -0.25) is 9.99 Å². The Balaban J connectivity index is 1.87. The van der Waals surface area contributed by atoms with Gasteiger partial charge in [-0.1, -0.05) is 0 Å². The van der Waals surface area contributed by atoms with E-state index in [0.29, 0.717) is 0 Å². The zero-order chi connectivity index (χ0) is 5.98. The third-order valence-corrected chi connectivity index (χ3v) is 1.92. The lowest BCUT2D eigenvalue weighted by Gasteiger charge is -2.06. The Labute approximate surface area is 52.1 Å². The summed E-state index contributed by atoms with van der Waals surface area (Å²) in [6, 6.07) is 0. The first-order chi connectivity index (χ1) is 3.79. The van der Waals surface area contributed by atoms with E-state index in [4.69, 9.17) is 0 Å². The molecule has 1 heterocycles. The first-order valence-electron chi connectivity index (χ1n) is 2.92. The van der Waals surface area contributed by atoms with Crippen LogP contribution in [0.1, 0.15) is 0 Å². The molecule has 8 heavy (non-hydrogen) atoms. The highest BCUT2D eigenvalue weighted by Crippen LogP contribution is 2.17. The Kier molecular flexibility index (Phi) is 2.24. The molecule has 3 heteroatoms. The molecular formula is C5H13N2P. The van der Waals surface area contributed by atoms with Crippen LogP contribution < -0.4 is 5.09 Å².